The number of piperidine rings is 1. The van der Waals surface area contributed by atoms with Gasteiger partial charge >= 0.3 is 0 Å². The van der Waals surface area contributed by atoms with E-state index in [-0.39, 0.29) is 5.91 Å². The molecule has 0 atom stereocenters. The van der Waals surface area contributed by atoms with E-state index in [9.17, 15) is 4.79 Å². The Labute approximate surface area is 218 Å². The van der Waals surface area contributed by atoms with E-state index in [4.69, 9.17) is 4.98 Å². The summed E-state index contributed by atoms with van der Waals surface area (Å²) in [4.78, 5) is 28.2. The summed E-state index contributed by atoms with van der Waals surface area (Å²) < 4.78 is 1.86. The average molecular weight is 501 g/mol. The second-order valence-corrected chi connectivity index (χ2v) is 9.97. The normalized spacial score (nSPS) is 18.4. The highest BCUT2D eigenvalue weighted by atomic mass is 16.1. The molecule has 0 bridgehead atoms. The molecule has 0 aliphatic carbocycles. The molecule has 2 aliphatic rings. The molecule has 194 valence electrons. The lowest BCUT2D eigenvalue weighted by Crippen LogP contribution is -2.52. The fourth-order valence-corrected chi connectivity index (χ4v) is 5.52. The van der Waals surface area contributed by atoms with Crippen LogP contribution in [0.4, 0.5) is 17.1 Å². The first-order valence-corrected chi connectivity index (χ1v) is 13.0. The summed E-state index contributed by atoms with van der Waals surface area (Å²) in [6.07, 6.45) is 10.3. The molecule has 2 saturated heterocycles. The van der Waals surface area contributed by atoms with E-state index in [1.807, 2.05) is 48.1 Å². The minimum absolute atomic E-state index is 0.120. The molecule has 1 amide bonds. The third kappa shape index (κ3) is 5.28. The van der Waals surface area contributed by atoms with Crippen molar-refractivity contribution in [3.63, 3.8) is 0 Å². The molecule has 2 fully saturated rings. The van der Waals surface area contributed by atoms with Gasteiger partial charge in [-0.3, -0.25) is 14.7 Å². The molecule has 0 saturated carbocycles. The molecule has 0 unspecified atom stereocenters. The molecule has 3 aromatic rings. The SMILES string of the molecule is C=Nc1ccc(NC(C)=O)cc1/C(=C\C)c1cnn2cc(N3CCC(N4CCN(C)CC4)CC3)cnc12. The predicted molar refractivity (Wildman–Crippen MR) is 150 cm³/mol. The van der Waals surface area contributed by atoms with Gasteiger partial charge in [0.05, 0.1) is 30.0 Å². The number of piperazine rings is 1. The van der Waals surface area contributed by atoms with Gasteiger partial charge in [0.1, 0.15) is 0 Å². The number of likely N-dealkylation sites (N-methyl/N-ethyl adjacent to an activating group) is 1. The number of nitrogens with one attached hydrogen (secondary N) is 1. The lowest BCUT2D eigenvalue weighted by Gasteiger charge is -2.42. The lowest BCUT2D eigenvalue weighted by molar-refractivity contribution is -0.114. The number of fused-ring (bicyclic) bond motifs is 1. The first-order chi connectivity index (χ1) is 18.0. The molecule has 0 radical (unpaired) electrons. The van der Waals surface area contributed by atoms with Crippen LogP contribution in [0.5, 0.6) is 0 Å². The summed E-state index contributed by atoms with van der Waals surface area (Å²) >= 11 is 0. The minimum atomic E-state index is -0.120. The van der Waals surface area contributed by atoms with E-state index in [0.717, 1.165) is 46.8 Å². The summed E-state index contributed by atoms with van der Waals surface area (Å²) in [5.74, 6) is -0.120. The highest BCUT2D eigenvalue weighted by Crippen LogP contribution is 2.35. The van der Waals surface area contributed by atoms with Gasteiger partial charge in [-0.05, 0) is 57.3 Å². The number of nitrogens with zero attached hydrogens (tertiary/aromatic N) is 7. The molecule has 0 spiro atoms. The third-order valence-corrected chi connectivity index (χ3v) is 7.58. The zero-order valence-electron chi connectivity index (χ0n) is 22.0. The molecule has 5 rings (SSSR count). The Hall–Kier alpha value is -3.56. The largest absolute Gasteiger partial charge is 0.369 e. The van der Waals surface area contributed by atoms with Crippen LogP contribution in [0.2, 0.25) is 0 Å². The maximum absolute atomic E-state index is 11.6. The monoisotopic (exact) mass is 500 g/mol. The van der Waals surface area contributed by atoms with Crippen LogP contribution in [0.25, 0.3) is 11.2 Å². The van der Waals surface area contributed by atoms with Crippen LogP contribution in [0.15, 0.2) is 47.9 Å². The van der Waals surface area contributed by atoms with E-state index in [0.29, 0.717) is 11.7 Å². The van der Waals surface area contributed by atoms with Crippen LogP contribution in [-0.2, 0) is 4.79 Å². The molecular formula is C28H36N8O. The molecule has 37 heavy (non-hydrogen) atoms. The van der Waals surface area contributed by atoms with Crippen LogP contribution in [0, 0.1) is 0 Å². The van der Waals surface area contributed by atoms with Crippen molar-refractivity contribution >= 4 is 40.9 Å². The van der Waals surface area contributed by atoms with Crippen LogP contribution in [-0.4, -0.2) is 89.4 Å². The van der Waals surface area contributed by atoms with Crippen molar-refractivity contribution in [2.75, 3.05) is 56.5 Å². The van der Waals surface area contributed by atoms with Crippen LogP contribution >= 0.6 is 0 Å². The number of hydrogen-bond donors (Lipinski definition) is 1. The first-order valence-electron chi connectivity index (χ1n) is 13.0. The highest BCUT2D eigenvalue weighted by molar-refractivity contribution is 5.94. The number of aliphatic imine (C=N–C) groups is 1. The van der Waals surface area contributed by atoms with Crippen molar-refractivity contribution in [3.8, 4) is 0 Å². The molecule has 2 aromatic heterocycles. The van der Waals surface area contributed by atoms with Crippen molar-refractivity contribution in [2.45, 2.75) is 32.7 Å². The lowest BCUT2D eigenvalue weighted by atomic mass is 9.97. The van der Waals surface area contributed by atoms with Crippen LogP contribution < -0.4 is 10.2 Å². The van der Waals surface area contributed by atoms with Crippen molar-refractivity contribution in [1.82, 2.24) is 24.4 Å². The quantitative estimate of drug-likeness (QED) is 0.520. The molecule has 1 aromatic carbocycles. The number of allylic oxidation sites excluding steroid dienone is 1. The predicted octanol–water partition coefficient (Wildman–Crippen LogP) is 3.69. The number of aromatic nitrogens is 3. The zero-order valence-corrected chi connectivity index (χ0v) is 22.0. The number of amides is 1. The number of benzene rings is 1. The summed E-state index contributed by atoms with van der Waals surface area (Å²) in [5.41, 5.74) is 6.05. The maximum Gasteiger partial charge on any atom is 0.221 e. The van der Waals surface area contributed by atoms with Crippen molar-refractivity contribution in [3.05, 3.63) is 54.0 Å². The van der Waals surface area contributed by atoms with Crippen molar-refractivity contribution in [2.24, 2.45) is 4.99 Å². The van der Waals surface area contributed by atoms with Gasteiger partial charge in [-0.1, -0.05) is 6.08 Å². The standard InChI is InChI=1S/C28H36N8O/c1-5-24(25-16-21(32-20(2)37)6-7-27(25)29-3)26-18-31-36-19-23(17-30-28(26)36)34-10-8-22(9-11-34)35-14-12-33(4)13-15-35/h5-7,16-19,22H,3,8-15H2,1-2,4H3,(H,32,37)/b24-5+. The maximum atomic E-state index is 11.6. The Bertz CT molecular complexity index is 1310. The molecular weight excluding hydrogens is 464 g/mol. The Kier molecular flexibility index (Phi) is 7.34. The number of rotatable bonds is 6. The first kappa shape index (κ1) is 25.1. The Morgan fingerprint density at radius 1 is 1.11 bits per heavy atom. The van der Waals surface area contributed by atoms with Gasteiger partial charge < -0.3 is 15.1 Å². The Morgan fingerprint density at radius 3 is 2.54 bits per heavy atom. The van der Waals surface area contributed by atoms with Gasteiger partial charge in [0.2, 0.25) is 5.91 Å². The second-order valence-electron chi connectivity index (χ2n) is 9.97. The van der Waals surface area contributed by atoms with Crippen LogP contribution in [0.3, 0.4) is 0 Å². The molecule has 9 nitrogen and oxygen atoms in total. The van der Waals surface area contributed by atoms with Crippen molar-refractivity contribution < 1.29 is 4.79 Å². The van der Waals surface area contributed by atoms with E-state index in [2.05, 4.69) is 50.1 Å². The van der Waals surface area contributed by atoms with E-state index >= 15 is 0 Å². The molecule has 9 heteroatoms. The fourth-order valence-electron chi connectivity index (χ4n) is 5.52. The highest BCUT2D eigenvalue weighted by Gasteiger charge is 2.27. The Morgan fingerprint density at radius 2 is 1.86 bits per heavy atom. The van der Waals surface area contributed by atoms with Gasteiger partial charge in [0.15, 0.2) is 5.65 Å². The zero-order chi connectivity index (χ0) is 25.9. The second kappa shape index (κ2) is 10.8. The number of hydrogen-bond acceptors (Lipinski definition) is 7. The van der Waals surface area contributed by atoms with E-state index < -0.39 is 0 Å². The molecule has 1 N–H and O–H groups in total. The van der Waals surface area contributed by atoms with Gasteiger partial charge in [-0.2, -0.15) is 5.10 Å². The summed E-state index contributed by atoms with van der Waals surface area (Å²) in [7, 11) is 2.21. The van der Waals surface area contributed by atoms with Gasteiger partial charge in [0, 0.05) is 69.0 Å². The number of carbonyl (C=O) groups is 1. The number of carbonyl (C=O) groups excluding carboxylic acids is 1. The summed E-state index contributed by atoms with van der Waals surface area (Å²) in [6.45, 7) is 14.0. The molecule has 2 aliphatic heterocycles. The average Bonchev–Trinajstić information content (AvgIpc) is 3.33. The van der Waals surface area contributed by atoms with Crippen LogP contribution in [0.1, 0.15) is 37.8 Å². The minimum Gasteiger partial charge on any atom is -0.369 e. The topological polar surface area (TPSA) is 81.4 Å². The number of anilines is 2. The van der Waals surface area contributed by atoms with Gasteiger partial charge in [-0.25, -0.2) is 9.50 Å². The fraction of sp³-hybridized carbons (Fsp3) is 0.429. The van der Waals surface area contributed by atoms with Gasteiger partial charge in [0.25, 0.3) is 0 Å². The van der Waals surface area contributed by atoms with E-state index in [1.165, 1.54) is 45.9 Å². The van der Waals surface area contributed by atoms with Crippen molar-refractivity contribution in [1.29, 1.82) is 0 Å². The smallest absolute Gasteiger partial charge is 0.221 e. The Balaban J connectivity index is 1.35. The summed E-state index contributed by atoms with van der Waals surface area (Å²) in [5, 5.41) is 7.50. The third-order valence-electron chi connectivity index (χ3n) is 7.58. The summed E-state index contributed by atoms with van der Waals surface area (Å²) in [6, 6.07) is 6.29. The molecule has 4 heterocycles. The van der Waals surface area contributed by atoms with Gasteiger partial charge in [-0.15, -0.1) is 0 Å². The van der Waals surface area contributed by atoms with E-state index in [1.54, 1.807) is 0 Å².